The van der Waals surface area contributed by atoms with Crippen LogP contribution in [0.5, 0.6) is 0 Å². The van der Waals surface area contributed by atoms with E-state index in [2.05, 4.69) is 19.2 Å². The normalized spacial score (nSPS) is 26.4. The third kappa shape index (κ3) is 4.81. The maximum Gasteiger partial charge on any atom is 0.0604 e. The lowest BCUT2D eigenvalue weighted by Crippen LogP contribution is -2.46. The van der Waals surface area contributed by atoms with Crippen LogP contribution in [0.3, 0.4) is 0 Å². The number of hydrogen-bond acceptors (Lipinski definition) is 3. The zero-order valence-electron chi connectivity index (χ0n) is 10.7. The Balaban J connectivity index is 2.05. The molecular formula is C13H27NO2. The van der Waals surface area contributed by atoms with Crippen LogP contribution in [0.15, 0.2) is 0 Å². The number of rotatable bonds is 9. The van der Waals surface area contributed by atoms with Gasteiger partial charge in [0.2, 0.25) is 0 Å². The van der Waals surface area contributed by atoms with Gasteiger partial charge in [-0.05, 0) is 45.1 Å². The van der Waals surface area contributed by atoms with Crippen molar-refractivity contribution in [1.29, 1.82) is 0 Å². The fourth-order valence-electron chi connectivity index (χ4n) is 2.38. The van der Waals surface area contributed by atoms with Gasteiger partial charge in [-0.2, -0.15) is 0 Å². The van der Waals surface area contributed by atoms with E-state index in [4.69, 9.17) is 9.84 Å². The van der Waals surface area contributed by atoms with Crippen molar-refractivity contribution >= 4 is 0 Å². The quantitative estimate of drug-likeness (QED) is 0.635. The topological polar surface area (TPSA) is 41.5 Å². The minimum Gasteiger partial charge on any atom is -0.396 e. The average molecular weight is 229 g/mol. The smallest absolute Gasteiger partial charge is 0.0604 e. The SMILES string of the molecule is CCCC(CCO)CNC1CC(OCC)C1. The summed E-state index contributed by atoms with van der Waals surface area (Å²) in [6.45, 7) is 6.47. The Morgan fingerprint density at radius 3 is 2.62 bits per heavy atom. The van der Waals surface area contributed by atoms with E-state index in [1.165, 1.54) is 12.8 Å². The van der Waals surface area contributed by atoms with Crippen LogP contribution in [0, 0.1) is 5.92 Å². The number of aliphatic hydroxyl groups excluding tert-OH is 1. The van der Waals surface area contributed by atoms with Crippen molar-refractivity contribution in [2.75, 3.05) is 19.8 Å². The van der Waals surface area contributed by atoms with E-state index in [1.807, 2.05) is 0 Å². The van der Waals surface area contributed by atoms with Gasteiger partial charge in [-0.15, -0.1) is 0 Å². The van der Waals surface area contributed by atoms with Crippen molar-refractivity contribution < 1.29 is 9.84 Å². The predicted octanol–water partition coefficient (Wildman–Crippen LogP) is 1.94. The zero-order valence-corrected chi connectivity index (χ0v) is 10.7. The molecule has 0 aromatic rings. The molecule has 0 heterocycles. The molecule has 1 rings (SSSR count). The van der Waals surface area contributed by atoms with E-state index >= 15 is 0 Å². The molecule has 16 heavy (non-hydrogen) atoms. The summed E-state index contributed by atoms with van der Waals surface area (Å²) in [5.74, 6) is 0.640. The molecule has 0 amide bonds. The molecule has 0 bridgehead atoms. The Bertz CT molecular complexity index is 163. The highest BCUT2D eigenvalue weighted by atomic mass is 16.5. The number of hydrogen-bond donors (Lipinski definition) is 2. The lowest BCUT2D eigenvalue weighted by atomic mass is 9.88. The molecule has 1 saturated carbocycles. The van der Waals surface area contributed by atoms with Crippen molar-refractivity contribution in [1.82, 2.24) is 5.32 Å². The van der Waals surface area contributed by atoms with Crippen LogP contribution in [-0.4, -0.2) is 37.0 Å². The van der Waals surface area contributed by atoms with E-state index in [0.29, 0.717) is 24.7 Å². The summed E-state index contributed by atoms with van der Waals surface area (Å²) in [6.07, 6.45) is 6.17. The molecule has 0 saturated heterocycles. The van der Waals surface area contributed by atoms with Crippen molar-refractivity contribution in [2.24, 2.45) is 5.92 Å². The van der Waals surface area contributed by atoms with Gasteiger partial charge < -0.3 is 15.2 Å². The first-order valence-corrected chi connectivity index (χ1v) is 6.75. The fourth-order valence-corrected chi connectivity index (χ4v) is 2.38. The second-order valence-electron chi connectivity index (χ2n) is 4.82. The van der Waals surface area contributed by atoms with E-state index in [1.54, 1.807) is 0 Å². The molecule has 0 spiro atoms. The Kier molecular flexibility index (Phi) is 7.01. The van der Waals surface area contributed by atoms with Crippen LogP contribution in [0.1, 0.15) is 46.0 Å². The first-order valence-electron chi connectivity index (χ1n) is 6.75. The fraction of sp³-hybridized carbons (Fsp3) is 1.00. The van der Waals surface area contributed by atoms with E-state index in [-0.39, 0.29) is 0 Å². The van der Waals surface area contributed by atoms with Gasteiger partial charge in [0.1, 0.15) is 0 Å². The van der Waals surface area contributed by atoms with Gasteiger partial charge >= 0.3 is 0 Å². The minimum absolute atomic E-state index is 0.318. The minimum atomic E-state index is 0.318. The van der Waals surface area contributed by atoms with Crippen LogP contribution in [0.2, 0.25) is 0 Å². The highest BCUT2D eigenvalue weighted by Crippen LogP contribution is 2.23. The van der Waals surface area contributed by atoms with Gasteiger partial charge in [-0.1, -0.05) is 13.3 Å². The second kappa shape index (κ2) is 8.04. The van der Waals surface area contributed by atoms with Crippen LogP contribution >= 0.6 is 0 Å². The lowest BCUT2D eigenvalue weighted by molar-refractivity contribution is -0.0108. The molecule has 1 aliphatic carbocycles. The number of ether oxygens (including phenoxy) is 1. The molecule has 0 radical (unpaired) electrons. The molecule has 1 aliphatic rings. The summed E-state index contributed by atoms with van der Waals surface area (Å²) in [4.78, 5) is 0. The first-order chi connectivity index (χ1) is 7.80. The van der Waals surface area contributed by atoms with Crippen LogP contribution < -0.4 is 5.32 Å². The van der Waals surface area contributed by atoms with Crippen molar-refractivity contribution in [3.05, 3.63) is 0 Å². The Labute approximate surface area is 99.6 Å². The van der Waals surface area contributed by atoms with Gasteiger partial charge in [0, 0.05) is 19.3 Å². The molecule has 1 atom stereocenters. The van der Waals surface area contributed by atoms with Gasteiger partial charge in [-0.25, -0.2) is 0 Å². The van der Waals surface area contributed by atoms with Crippen LogP contribution in [0.25, 0.3) is 0 Å². The zero-order chi connectivity index (χ0) is 11.8. The van der Waals surface area contributed by atoms with Crippen LogP contribution in [0.4, 0.5) is 0 Å². The van der Waals surface area contributed by atoms with Gasteiger partial charge in [0.25, 0.3) is 0 Å². The second-order valence-corrected chi connectivity index (χ2v) is 4.82. The summed E-state index contributed by atoms with van der Waals surface area (Å²) >= 11 is 0. The maximum absolute atomic E-state index is 8.96. The molecule has 0 aromatic heterocycles. The molecule has 1 fully saturated rings. The van der Waals surface area contributed by atoms with Crippen molar-refractivity contribution in [2.45, 2.75) is 58.1 Å². The Morgan fingerprint density at radius 2 is 2.06 bits per heavy atom. The van der Waals surface area contributed by atoms with E-state index in [0.717, 1.165) is 32.4 Å². The molecule has 96 valence electrons. The Hall–Kier alpha value is -0.120. The monoisotopic (exact) mass is 229 g/mol. The summed E-state index contributed by atoms with van der Waals surface area (Å²) in [5, 5.41) is 12.6. The first kappa shape index (κ1) is 13.9. The van der Waals surface area contributed by atoms with Crippen LogP contribution in [-0.2, 0) is 4.74 Å². The molecule has 3 heteroatoms. The highest BCUT2D eigenvalue weighted by molar-refractivity contribution is 4.86. The number of nitrogens with one attached hydrogen (secondary N) is 1. The molecule has 1 unspecified atom stereocenters. The molecule has 3 nitrogen and oxygen atoms in total. The Morgan fingerprint density at radius 1 is 1.31 bits per heavy atom. The largest absolute Gasteiger partial charge is 0.396 e. The van der Waals surface area contributed by atoms with Gasteiger partial charge in [0.05, 0.1) is 6.10 Å². The number of aliphatic hydroxyl groups is 1. The van der Waals surface area contributed by atoms with Crippen molar-refractivity contribution in [3.63, 3.8) is 0 Å². The molecule has 0 aromatic carbocycles. The predicted molar refractivity (Wildman–Crippen MR) is 66.5 cm³/mol. The standard InChI is InChI=1S/C13H27NO2/c1-3-5-11(6-7-15)10-14-12-8-13(9-12)16-4-2/h11-15H,3-10H2,1-2H3. The van der Waals surface area contributed by atoms with Crippen molar-refractivity contribution in [3.8, 4) is 0 Å². The summed E-state index contributed by atoms with van der Waals surface area (Å²) in [5.41, 5.74) is 0. The van der Waals surface area contributed by atoms with Gasteiger partial charge in [-0.3, -0.25) is 0 Å². The third-order valence-corrected chi connectivity index (χ3v) is 3.43. The summed E-state index contributed by atoms with van der Waals surface area (Å²) in [6, 6.07) is 0.648. The summed E-state index contributed by atoms with van der Waals surface area (Å²) in [7, 11) is 0. The lowest BCUT2D eigenvalue weighted by Gasteiger charge is -2.36. The maximum atomic E-state index is 8.96. The molecule has 0 aliphatic heterocycles. The van der Waals surface area contributed by atoms with E-state index < -0.39 is 0 Å². The average Bonchev–Trinajstić information content (AvgIpc) is 2.21. The van der Waals surface area contributed by atoms with E-state index in [9.17, 15) is 0 Å². The van der Waals surface area contributed by atoms with Gasteiger partial charge in [0.15, 0.2) is 0 Å². The highest BCUT2D eigenvalue weighted by Gasteiger charge is 2.29. The summed E-state index contributed by atoms with van der Waals surface area (Å²) < 4.78 is 5.53. The molecular weight excluding hydrogens is 202 g/mol. The third-order valence-electron chi connectivity index (χ3n) is 3.43. The molecule has 2 N–H and O–H groups in total.